The standard InChI is InChI=1S/C21H28N2O/c1-2-24-20-10-9-17-5-3-4-6-18(17)21(20)19(15-16-7-8-16)23-13-11-22-12-14-23/h3-6,9-10,16,19,22H,2,7-8,11-15H2,1H3/t19-/m0/s1. The number of benzene rings is 2. The van der Waals surface area contributed by atoms with E-state index in [-0.39, 0.29) is 0 Å². The first-order chi connectivity index (χ1) is 11.9. The number of piperazine rings is 1. The highest BCUT2D eigenvalue weighted by atomic mass is 16.5. The summed E-state index contributed by atoms with van der Waals surface area (Å²) in [7, 11) is 0. The molecule has 0 bridgehead atoms. The Morgan fingerprint density at radius 1 is 1.12 bits per heavy atom. The van der Waals surface area contributed by atoms with Crippen molar-refractivity contribution >= 4 is 10.8 Å². The van der Waals surface area contributed by atoms with Crippen LogP contribution in [0.4, 0.5) is 0 Å². The second-order valence-electron chi connectivity index (χ2n) is 7.11. The Balaban J connectivity index is 1.80. The van der Waals surface area contributed by atoms with Gasteiger partial charge in [0.25, 0.3) is 0 Å². The highest BCUT2D eigenvalue weighted by Gasteiger charge is 2.32. The molecular formula is C21H28N2O. The van der Waals surface area contributed by atoms with Gasteiger partial charge in [0.1, 0.15) is 5.75 Å². The molecule has 128 valence electrons. The van der Waals surface area contributed by atoms with Crippen molar-refractivity contribution < 1.29 is 4.74 Å². The van der Waals surface area contributed by atoms with Gasteiger partial charge in [0.05, 0.1) is 6.61 Å². The monoisotopic (exact) mass is 324 g/mol. The number of fused-ring (bicyclic) bond motifs is 1. The number of hydrogen-bond donors (Lipinski definition) is 1. The molecule has 1 saturated carbocycles. The van der Waals surface area contributed by atoms with Gasteiger partial charge in [-0.1, -0.05) is 43.2 Å². The summed E-state index contributed by atoms with van der Waals surface area (Å²) < 4.78 is 6.08. The van der Waals surface area contributed by atoms with E-state index in [4.69, 9.17) is 4.74 Å². The minimum absolute atomic E-state index is 0.479. The van der Waals surface area contributed by atoms with Crippen molar-refractivity contribution in [3.05, 3.63) is 42.0 Å². The van der Waals surface area contributed by atoms with E-state index < -0.39 is 0 Å². The summed E-state index contributed by atoms with van der Waals surface area (Å²) in [5.41, 5.74) is 1.42. The number of nitrogens with zero attached hydrogens (tertiary/aromatic N) is 1. The SMILES string of the molecule is CCOc1ccc2ccccc2c1[C@H](CC1CC1)N1CCNCC1. The number of rotatable bonds is 6. The van der Waals surface area contributed by atoms with E-state index in [2.05, 4.69) is 53.5 Å². The lowest BCUT2D eigenvalue weighted by atomic mass is 9.92. The third-order valence-corrected chi connectivity index (χ3v) is 5.41. The fourth-order valence-electron chi connectivity index (χ4n) is 4.01. The van der Waals surface area contributed by atoms with Crippen LogP contribution in [-0.2, 0) is 0 Å². The Labute approximate surface area is 145 Å². The van der Waals surface area contributed by atoms with Crippen molar-refractivity contribution in [2.24, 2.45) is 5.92 Å². The highest BCUT2D eigenvalue weighted by Crippen LogP contribution is 2.44. The first kappa shape index (κ1) is 15.9. The molecule has 3 nitrogen and oxygen atoms in total. The summed E-state index contributed by atoms with van der Waals surface area (Å²) in [6.45, 7) is 7.26. The van der Waals surface area contributed by atoms with E-state index in [0.29, 0.717) is 6.04 Å². The van der Waals surface area contributed by atoms with Crippen LogP contribution in [0.1, 0.15) is 37.8 Å². The third-order valence-electron chi connectivity index (χ3n) is 5.41. The lowest BCUT2D eigenvalue weighted by Gasteiger charge is -2.36. The summed E-state index contributed by atoms with van der Waals surface area (Å²) in [5, 5.41) is 6.19. The Morgan fingerprint density at radius 2 is 1.92 bits per heavy atom. The molecule has 0 aromatic heterocycles. The van der Waals surface area contributed by atoms with E-state index in [1.54, 1.807) is 0 Å². The molecule has 0 amide bonds. The van der Waals surface area contributed by atoms with Crippen LogP contribution in [0.2, 0.25) is 0 Å². The van der Waals surface area contributed by atoms with Gasteiger partial charge >= 0.3 is 0 Å². The fraction of sp³-hybridized carbons (Fsp3) is 0.524. The lowest BCUT2D eigenvalue weighted by molar-refractivity contribution is 0.158. The molecule has 4 rings (SSSR count). The second-order valence-corrected chi connectivity index (χ2v) is 7.11. The Hall–Kier alpha value is -1.58. The van der Waals surface area contributed by atoms with Crippen LogP contribution < -0.4 is 10.1 Å². The predicted molar refractivity (Wildman–Crippen MR) is 99.6 cm³/mol. The highest BCUT2D eigenvalue weighted by molar-refractivity contribution is 5.88. The molecule has 1 saturated heterocycles. The molecule has 0 unspecified atom stereocenters. The maximum atomic E-state index is 6.08. The van der Waals surface area contributed by atoms with Crippen molar-refractivity contribution in [3.63, 3.8) is 0 Å². The smallest absolute Gasteiger partial charge is 0.124 e. The maximum absolute atomic E-state index is 6.08. The molecule has 3 heteroatoms. The topological polar surface area (TPSA) is 24.5 Å². The van der Waals surface area contributed by atoms with Crippen LogP contribution in [0.15, 0.2) is 36.4 Å². The van der Waals surface area contributed by atoms with E-state index >= 15 is 0 Å². The van der Waals surface area contributed by atoms with Crippen molar-refractivity contribution in [2.75, 3.05) is 32.8 Å². The van der Waals surface area contributed by atoms with Crippen molar-refractivity contribution in [1.29, 1.82) is 0 Å². The quantitative estimate of drug-likeness (QED) is 0.870. The van der Waals surface area contributed by atoms with Crippen molar-refractivity contribution in [2.45, 2.75) is 32.2 Å². The zero-order valence-electron chi connectivity index (χ0n) is 14.6. The molecule has 2 aromatic carbocycles. The molecule has 0 radical (unpaired) electrons. The van der Waals surface area contributed by atoms with Gasteiger partial charge in [-0.15, -0.1) is 0 Å². The Morgan fingerprint density at radius 3 is 2.67 bits per heavy atom. The minimum atomic E-state index is 0.479. The average Bonchev–Trinajstić information content (AvgIpc) is 3.45. The largest absolute Gasteiger partial charge is 0.494 e. The maximum Gasteiger partial charge on any atom is 0.124 e. The zero-order chi connectivity index (χ0) is 16.4. The second kappa shape index (κ2) is 7.12. The normalized spacial score (nSPS) is 20.2. The van der Waals surface area contributed by atoms with Gasteiger partial charge in [-0.2, -0.15) is 0 Å². The van der Waals surface area contributed by atoms with Crippen LogP contribution in [0.5, 0.6) is 5.75 Å². The lowest BCUT2D eigenvalue weighted by Crippen LogP contribution is -2.45. The molecule has 2 fully saturated rings. The summed E-state index contributed by atoms with van der Waals surface area (Å²) >= 11 is 0. The predicted octanol–water partition coefficient (Wildman–Crippen LogP) is 3.98. The molecular weight excluding hydrogens is 296 g/mol. The van der Waals surface area contributed by atoms with E-state index in [9.17, 15) is 0 Å². The number of hydrogen-bond acceptors (Lipinski definition) is 3. The molecule has 1 aliphatic heterocycles. The van der Waals surface area contributed by atoms with Crippen molar-refractivity contribution in [1.82, 2.24) is 10.2 Å². The summed E-state index contributed by atoms with van der Waals surface area (Å²) in [6.07, 6.45) is 4.07. The van der Waals surface area contributed by atoms with Gasteiger partial charge in [-0.05, 0) is 36.1 Å². The fourth-order valence-corrected chi connectivity index (χ4v) is 4.01. The summed E-state index contributed by atoms with van der Waals surface area (Å²) in [4.78, 5) is 2.68. The van der Waals surface area contributed by atoms with Gasteiger partial charge in [-0.3, -0.25) is 4.90 Å². The first-order valence-electron chi connectivity index (χ1n) is 9.46. The molecule has 1 aliphatic carbocycles. The van der Waals surface area contributed by atoms with Gasteiger partial charge < -0.3 is 10.1 Å². The van der Waals surface area contributed by atoms with Crippen LogP contribution >= 0.6 is 0 Å². The number of ether oxygens (including phenoxy) is 1. The van der Waals surface area contributed by atoms with Crippen LogP contribution in [0.25, 0.3) is 10.8 Å². The van der Waals surface area contributed by atoms with Crippen LogP contribution in [0, 0.1) is 5.92 Å². The molecule has 1 atom stereocenters. The van der Waals surface area contributed by atoms with Gasteiger partial charge in [-0.25, -0.2) is 0 Å². The molecule has 2 aromatic rings. The Bertz CT molecular complexity index is 689. The zero-order valence-corrected chi connectivity index (χ0v) is 14.6. The molecule has 0 spiro atoms. The summed E-state index contributed by atoms with van der Waals surface area (Å²) in [6, 6.07) is 13.7. The van der Waals surface area contributed by atoms with Gasteiger partial charge in [0.2, 0.25) is 0 Å². The van der Waals surface area contributed by atoms with E-state index in [1.807, 2.05) is 0 Å². The third kappa shape index (κ3) is 3.28. The van der Waals surface area contributed by atoms with Gasteiger partial charge in [0, 0.05) is 37.8 Å². The van der Waals surface area contributed by atoms with Crippen LogP contribution in [0.3, 0.4) is 0 Å². The molecule has 1 N–H and O–H groups in total. The minimum Gasteiger partial charge on any atom is -0.494 e. The number of nitrogens with one attached hydrogen (secondary N) is 1. The van der Waals surface area contributed by atoms with E-state index in [0.717, 1.165) is 44.5 Å². The van der Waals surface area contributed by atoms with Crippen molar-refractivity contribution in [3.8, 4) is 5.75 Å². The molecule has 1 heterocycles. The molecule has 24 heavy (non-hydrogen) atoms. The Kier molecular flexibility index (Phi) is 4.72. The average molecular weight is 324 g/mol. The first-order valence-corrected chi connectivity index (χ1v) is 9.46. The van der Waals surface area contributed by atoms with Gasteiger partial charge in [0.15, 0.2) is 0 Å². The molecule has 2 aliphatic rings. The van der Waals surface area contributed by atoms with E-state index in [1.165, 1.54) is 35.6 Å². The van der Waals surface area contributed by atoms with Crippen LogP contribution in [-0.4, -0.2) is 37.7 Å². The summed E-state index contributed by atoms with van der Waals surface area (Å²) in [5.74, 6) is 1.98.